The van der Waals surface area contributed by atoms with Crippen molar-refractivity contribution >= 4 is 60.5 Å². The molecule has 0 radical (unpaired) electrons. The third-order valence-electron chi connectivity index (χ3n) is 11.1. The number of rotatable bonds is 7. The molecule has 0 N–H and O–H groups in total. The van der Waals surface area contributed by atoms with Crippen molar-refractivity contribution in [2.75, 3.05) is 4.90 Å². The van der Waals surface area contributed by atoms with Gasteiger partial charge in [0.1, 0.15) is 11.2 Å². The van der Waals surface area contributed by atoms with Crippen LogP contribution in [0, 0.1) is 0 Å². The van der Waals surface area contributed by atoms with E-state index in [1.165, 1.54) is 10.8 Å². The van der Waals surface area contributed by atoms with Gasteiger partial charge in [0.15, 0.2) is 5.82 Å². The zero-order valence-corrected chi connectivity index (χ0v) is 31.5. The van der Waals surface area contributed by atoms with Gasteiger partial charge in [-0.3, -0.25) is 0 Å². The normalized spacial score (nSPS) is 11.4. The molecule has 4 nitrogen and oxygen atoms in total. The minimum Gasteiger partial charge on any atom is -0.455 e. The van der Waals surface area contributed by atoms with Crippen LogP contribution in [0.25, 0.3) is 88.5 Å². The van der Waals surface area contributed by atoms with E-state index in [0.717, 1.165) is 89.0 Å². The summed E-state index contributed by atoms with van der Waals surface area (Å²) in [5, 5.41) is 6.57. The number of para-hydroxylation sites is 2. The standard InChI is InChI=1S/C54H35N3O/c1-4-16-38(17-5-1)49-35-50(39-18-6-2-7-19-39)56-54(55-49)48-34-47-45-23-12-13-26-51(45)58-53(47)52-44(24-14-25-46(48)52)37-28-30-42(31-29-37)57(41-21-8-3-9-22-41)43-32-27-36-15-10-11-20-40(36)33-43/h1-35H. The van der Waals surface area contributed by atoms with Crippen molar-refractivity contribution in [1.82, 2.24) is 9.97 Å². The first-order chi connectivity index (χ1) is 28.7. The minimum absolute atomic E-state index is 0.666. The molecule has 272 valence electrons. The molecule has 0 aliphatic rings. The molecule has 0 saturated carbocycles. The lowest BCUT2D eigenvalue weighted by Crippen LogP contribution is -2.09. The van der Waals surface area contributed by atoms with Gasteiger partial charge in [-0.05, 0) is 81.9 Å². The number of furan rings is 1. The Hall–Kier alpha value is -7.82. The van der Waals surface area contributed by atoms with Gasteiger partial charge in [-0.1, -0.05) is 158 Å². The second-order valence-electron chi connectivity index (χ2n) is 14.6. The van der Waals surface area contributed by atoms with Crippen LogP contribution in [0.2, 0.25) is 0 Å². The van der Waals surface area contributed by atoms with Gasteiger partial charge in [0.2, 0.25) is 0 Å². The van der Waals surface area contributed by atoms with Crippen molar-refractivity contribution in [3.63, 3.8) is 0 Å². The highest BCUT2D eigenvalue weighted by atomic mass is 16.3. The molecule has 11 rings (SSSR count). The Bertz CT molecular complexity index is 3210. The number of anilines is 3. The monoisotopic (exact) mass is 741 g/mol. The lowest BCUT2D eigenvalue weighted by atomic mass is 9.92. The van der Waals surface area contributed by atoms with Crippen LogP contribution in [0.1, 0.15) is 0 Å². The molecular weight excluding hydrogens is 707 g/mol. The second kappa shape index (κ2) is 14.0. The maximum absolute atomic E-state index is 6.77. The lowest BCUT2D eigenvalue weighted by molar-refractivity contribution is 0.673. The average Bonchev–Trinajstić information content (AvgIpc) is 3.68. The van der Waals surface area contributed by atoms with Crippen molar-refractivity contribution in [3.05, 3.63) is 212 Å². The van der Waals surface area contributed by atoms with E-state index >= 15 is 0 Å². The third kappa shape index (κ3) is 5.87. The van der Waals surface area contributed by atoms with Gasteiger partial charge in [0.05, 0.1) is 11.4 Å². The predicted molar refractivity (Wildman–Crippen MR) is 241 cm³/mol. The fourth-order valence-corrected chi connectivity index (χ4v) is 8.27. The average molecular weight is 742 g/mol. The van der Waals surface area contributed by atoms with Crippen LogP contribution in [0.15, 0.2) is 217 Å². The molecule has 0 fully saturated rings. The summed E-state index contributed by atoms with van der Waals surface area (Å²) in [4.78, 5) is 12.9. The number of fused-ring (bicyclic) bond motifs is 6. The Kier molecular flexibility index (Phi) is 8.11. The fraction of sp³-hybridized carbons (Fsp3) is 0. The van der Waals surface area contributed by atoms with E-state index in [2.05, 4.69) is 193 Å². The number of hydrogen-bond acceptors (Lipinski definition) is 4. The van der Waals surface area contributed by atoms with E-state index < -0.39 is 0 Å². The lowest BCUT2D eigenvalue weighted by Gasteiger charge is -2.26. The molecule has 0 bridgehead atoms. The summed E-state index contributed by atoms with van der Waals surface area (Å²) in [5.41, 5.74) is 11.9. The molecule has 11 aromatic rings. The molecule has 0 unspecified atom stereocenters. The Labute approximate surface area is 335 Å². The quantitative estimate of drug-likeness (QED) is 0.163. The molecule has 0 saturated heterocycles. The van der Waals surface area contributed by atoms with Gasteiger partial charge in [0.25, 0.3) is 0 Å². The summed E-state index contributed by atoms with van der Waals surface area (Å²) in [5.74, 6) is 0.666. The molecule has 0 aliphatic carbocycles. The summed E-state index contributed by atoms with van der Waals surface area (Å²) in [7, 11) is 0. The van der Waals surface area contributed by atoms with E-state index in [-0.39, 0.29) is 0 Å². The first kappa shape index (κ1) is 33.5. The van der Waals surface area contributed by atoms with Gasteiger partial charge >= 0.3 is 0 Å². The zero-order chi connectivity index (χ0) is 38.4. The number of hydrogen-bond donors (Lipinski definition) is 0. The summed E-state index contributed by atoms with van der Waals surface area (Å²) >= 11 is 0. The van der Waals surface area contributed by atoms with Crippen LogP contribution in [-0.4, -0.2) is 9.97 Å². The molecule has 4 heteroatoms. The number of aromatic nitrogens is 2. The van der Waals surface area contributed by atoms with Crippen molar-refractivity contribution < 1.29 is 4.42 Å². The second-order valence-corrected chi connectivity index (χ2v) is 14.6. The molecule has 9 aromatic carbocycles. The Balaban J connectivity index is 1.12. The molecule has 2 aromatic heterocycles. The number of nitrogens with zero attached hydrogens (tertiary/aromatic N) is 3. The number of benzene rings is 9. The first-order valence-electron chi connectivity index (χ1n) is 19.6. The van der Waals surface area contributed by atoms with Gasteiger partial charge in [-0.15, -0.1) is 0 Å². The predicted octanol–water partition coefficient (Wildman–Crippen LogP) is 14.8. The SMILES string of the molecule is c1ccc(-c2cc(-c3ccccc3)nc(-c3cc4c5ccccc5oc4c4c(-c5ccc(N(c6ccccc6)c6ccc7ccccc7c6)cc5)cccc34)n2)cc1. The highest BCUT2D eigenvalue weighted by Gasteiger charge is 2.21. The molecule has 2 heterocycles. The van der Waals surface area contributed by atoms with Crippen LogP contribution in [0.3, 0.4) is 0 Å². The first-order valence-corrected chi connectivity index (χ1v) is 19.6. The maximum atomic E-state index is 6.77. The summed E-state index contributed by atoms with van der Waals surface area (Å²) in [6, 6.07) is 74.4. The Morgan fingerprint density at radius 2 is 0.948 bits per heavy atom. The zero-order valence-electron chi connectivity index (χ0n) is 31.5. The van der Waals surface area contributed by atoms with Crippen molar-refractivity contribution in [1.29, 1.82) is 0 Å². The molecule has 0 aliphatic heterocycles. The van der Waals surface area contributed by atoms with Crippen LogP contribution in [-0.2, 0) is 0 Å². The van der Waals surface area contributed by atoms with E-state index in [1.807, 2.05) is 24.3 Å². The minimum atomic E-state index is 0.666. The van der Waals surface area contributed by atoms with Crippen LogP contribution >= 0.6 is 0 Å². The summed E-state index contributed by atoms with van der Waals surface area (Å²) in [6.07, 6.45) is 0. The molecule has 58 heavy (non-hydrogen) atoms. The van der Waals surface area contributed by atoms with Gasteiger partial charge < -0.3 is 9.32 Å². The summed E-state index contributed by atoms with van der Waals surface area (Å²) < 4.78 is 6.77. The van der Waals surface area contributed by atoms with E-state index in [9.17, 15) is 0 Å². The van der Waals surface area contributed by atoms with Crippen molar-refractivity contribution in [2.45, 2.75) is 0 Å². The molecule has 0 atom stereocenters. The topological polar surface area (TPSA) is 42.2 Å². The Morgan fingerprint density at radius 1 is 0.362 bits per heavy atom. The van der Waals surface area contributed by atoms with Crippen molar-refractivity contribution in [2.24, 2.45) is 0 Å². The summed E-state index contributed by atoms with van der Waals surface area (Å²) in [6.45, 7) is 0. The smallest absolute Gasteiger partial charge is 0.161 e. The molecule has 0 spiro atoms. The van der Waals surface area contributed by atoms with Crippen molar-refractivity contribution in [3.8, 4) is 45.0 Å². The fourth-order valence-electron chi connectivity index (χ4n) is 8.27. The molecule has 0 amide bonds. The van der Waals surface area contributed by atoms with Crippen LogP contribution in [0.5, 0.6) is 0 Å². The molecular formula is C54H35N3O. The van der Waals surface area contributed by atoms with Crippen LogP contribution < -0.4 is 4.90 Å². The van der Waals surface area contributed by atoms with E-state index in [0.29, 0.717) is 5.82 Å². The van der Waals surface area contributed by atoms with Gasteiger partial charge in [-0.2, -0.15) is 0 Å². The van der Waals surface area contributed by atoms with E-state index in [4.69, 9.17) is 14.4 Å². The van der Waals surface area contributed by atoms with Gasteiger partial charge in [-0.25, -0.2) is 9.97 Å². The van der Waals surface area contributed by atoms with E-state index in [1.54, 1.807) is 0 Å². The highest BCUT2D eigenvalue weighted by molar-refractivity contribution is 6.22. The third-order valence-corrected chi connectivity index (χ3v) is 11.1. The Morgan fingerprint density at radius 3 is 1.67 bits per heavy atom. The maximum Gasteiger partial charge on any atom is 0.161 e. The van der Waals surface area contributed by atoms with Crippen LogP contribution in [0.4, 0.5) is 17.1 Å². The van der Waals surface area contributed by atoms with Gasteiger partial charge in [0, 0.05) is 49.9 Å². The highest BCUT2D eigenvalue weighted by Crippen LogP contribution is 2.44. The largest absolute Gasteiger partial charge is 0.455 e.